The molecule has 0 bridgehead atoms. The Labute approximate surface area is 155 Å². The van der Waals surface area contributed by atoms with Gasteiger partial charge in [-0.05, 0) is 25.5 Å². The number of ether oxygens (including phenoxy) is 1. The number of benzene rings is 2. The second-order valence-corrected chi connectivity index (χ2v) is 6.57. The normalized spacial score (nSPS) is 19.1. The highest BCUT2D eigenvalue weighted by molar-refractivity contribution is 6.07. The molecule has 1 aliphatic rings. The summed E-state index contributed by atoms with van der Waals surface area (Å²) >= 11 is 0. The molecule has 0 aliphatic carbocycles. The SMILES string of the molecule is COc1ccc([N+](=O)[O-])cc1CN1C(=O)N[C@](C)(c2ccc(C)cc2)C1=O. The van der Waals surface area contributed by atoms with Gasteiger partial charge in [-0.2, -0.15) is 0 Å². The zero-order chi connectivity index (χ0) is 19.8. The van der Waals surface area contributed by atoms with Crippen molar-refractivity contribution in [3.63, 3.8) is 0 Å². The molecule has 1 heterocycles. The molecule has 2 aromatic carbocycles. The van der Waals surface area contributed by atoms with Gasteiger partial charge < -0.3 is 10.1 Å². The van der Waals surface area contributed by atoms with Gasteiger partial charge >= 0.3 is 6.03 Å². The number of nitro benzene ring substituents is 1. The van der Waals surface area contributed by atoms with Crippen LogP contribution in [0.25, 0.3) is 0 Å². The van der Waals surface area contributed by atoms with Crippen LogP contribution in [-0.2, 0) is 16.9 Å². The van der Waals surface area contributed by atoms with Crippen LogP contribution < -0.4 is 10.1 Å². The van der Waals surface area contributed by atoms with Gasteiger partial charge in [0.05, 0.1) is 18.6 Å². The van der Waals surface area contributed by atoms with Gasteiger partial charge in [0, 0.05) is 17.7 Å². The van der Waals surface area contributed by atoms with E-state index in [1.807, 2.05) is 19.1 Å². The van der Waals surface area contributed by atoms with Crippen molar-refractivity contribution < 1.29 is 19.2 Å². The number of hydrogen-bond acceptors (Lipinski definition) is 5. The molecule has 1 aliphatic heterocycles. The Morgan fingerprint density at radius 1 is 1.19 bits per heavy atom. The van der Waals surface area contributed by atoms with Crippen LogP contribution in [0.4, 0.5) is 10.5 Å². The predicted molar refractivity (Wildman–Crippen MR) is 97.3 cm³/mol. The number of imide groups is 1. The van der Waals surface area contributed by atoms with Crippen LogP contribution in [0.5, 0.6) is 5.75 Å². The first-order valence-corrected chi connectivity index (χ1v) is 8.29. The number of carbonyl (C=O) groups is 2. The number of amides is 3. The number of rotatable bonds is 5. The number of carbonyl (C=O) groups excluding carboxylic acids is 2. The van der Waals surface area contributed by atoms with Gasteiger partial charge in [-0.1, -0.05) is 29.8 Å². The maximum absolute atomic E-state index is 13.0. The zero-order valence-electron chi connectivity index (χ0n) is 15.2. The Bertz CT molecular complexity index is 925. The molecule has 0 radical (unpaired) electrons. The van der Waals surface area contributed by atoms with Crippen molar-refractivity contribution in [2.75, 3.05) is 7.11 Å². The monoisotopic (exact) mass is 369 g/mol. The van der Waals surface area contributed by atoms with Crippen LogP contribution in [-0.4, -0.2) is 28.9 Å². The van der Waals surface area contributed by atoms with Crippen molar-refractivity contribution in [3.05, 3.63) is 69.3 Å². The Balaban J connectivity index is 1.93. The number of methoxy groups -OCH3 is 1. The van der Waals surface area contributed by atoms with Gasteiger partial charge in [0.1, 0.15) is 11.3 Å². The molecule has 2 aromatic rings. The van der Waals surface area contributed by atoms with Crippen LogP contribution in [0.2, 0.25) is 0 Å². The lowest BCUT2D eigenvalue weighted by Crippen LogP contribution is -2.40. The van der Waals surface area contributed by atoms with Gasteiger partial charge in [-0.15, -0.1) is 0 Å². The maximum atomic E-state index is 13.0. The molecule has 0 saturated carbocycles. The number of nitrogens with one attached hydrogen (secondary N) is 1. The van der Waals surface area contributed by atoms with E-state index >= 15 is 0 Å². The van der Waals surface area contributed by atoms with E-state index in [1.165, 1.54) is 25.3 Å². The Morgan fingerprint density at radius 2 is 1.85 bits per heavy atom. The lowest BCUT2D eigenvalue weighted by atomic mass is 9.91. The van der Waals surface area contributed by atoms with Crippen molar-refractivity contribution in [2.45, 2.75) is 25.9 Å². The van der Waals surface area contributed by atoms with E-state index in [2.05, 4.69) is 5.32 Å². The van der Waals surface area contributed by atoms with E-state index in [9.17, 15) is 19.7 Å². The summed E-state index contributed by atoms with van der Waals surface area (Å²) in [5, 5.41) is 13.8. The van der Waals surface area contributed by atoms with Gasteiger partial charge in [0.25, 0.3) is 11.6 Å². The summed E-state index contributed by atoms with van der Waals surface area (Å²) < 4.78 is 5.22. The molecular weight excluding hydrogens is 350 g/mol. The summed E-state index contributed by atoms with van der Waals surface area (Å²) in [7, 11) is 1.42. The van der Waals surface area contributed by atoms with E-state index in [0.29, 0.717) is 16.9 Å². The quantitative estimate of drug-likeness (QED) is 0.496. The van der Waals surface area contributed by atoms with E-state index in [0.717, 1.165) is 10.5 Å². The summed E-state index contributed by atoms with van der Waals surface area (Å²) in [6.07, 6.45) is 0. The fraction of sp³-hybridized carbons (Fsp3) is 0.263. The number of urea groups is 1. The van der Waals surface area contributed by atoms with Crippen LogP contribution >= 0.6 is 0 Å². The van der Waals surface area contributed by atoms with Crippen molar-refractivity contribution in [1.29, 1.82) is 0 Å². The highest BCUT2D eigenvalue weighted by Crippen LogP contribution is 2.32. The van der Waals surface area contributed by atoms with Crippen LogP contribution in [0.15, 0.2) is 42.5 Å². The zero-order valence-corrected chi connectivity index (χ0v) is 15.2. The van der Waals surface area contributed by atoms with Gasteiger partial charge in [0.2, 0.25) is 0 Å². The number of non-ortho nitro benzene ring substituents is 1. The van der Waals surface area contributed by atoms with Crippen LogP contribution in [0.1, 0.15) is 23.6 Å². The first-order valence-electron chi connectivity index (χ1n) is 8.29. The number of hydrogen-bond donors (Lipinski definition) is 1. The largest absolute Gasteiger partial charge is 0.496 e. The van der Waals surface area contributed by atoms with E-state index < -0.39 is 22.4 Å². The summed E-state index contributed by atoms with van der Waals surface area (Å²) in [5.41, 5.74) is 0.749. The molecule has 3 amide bonds. The minimum Gasteiger partial charge on any atom is -0.496 e. The van der Waals surface area contributed by atoms with Crippen LogP contribution in [0.3, 0.4) is 0 Å². The molecule has 0 unspecified atom stereocenters. The van der Waals surface area contributed by atoms with Crippen molar-refractivity contribution in [3.8, 4) is 5.75 Å². The predicted octanol–water partition coefficient (Wildman–Crippen LogP) is 2.88. The molecule has 0 spiro atoms. The molecule has 8 nitrogen and oxygen atoms in total. The van der Waals surface area contributed by atoms with Gasteiger partial charge in [-0.25, -0.2) is 4.79 Å². The number of nitrogens with zero attached hydrogens (tertiary/aromatic N) is 2. The van der Waals surface area contributed by atoms with Gasteiger partial charge in [-0.3, -0.25) is 19.8 Å². The fourth-order valence-corrected chi connectivity index (χ4v) is 3.10. The maximum Gasteiger partial charge on any atom is 0.325 e. The fourth-order valence-electron chi connectivity index (χ4n) is 3.10. The summed E-state index contributed by atoms with van der Waals surface area (Å²) in [4.78, 5) is 37.0. The average Bonchev–Trinajstić information content (AvgIpc) is 2.86. The summed E-state index contributed by atoms with van der Waals surface area (Å²) in [5.74, 6) is -0.0601. The van der Waals surface area contributed by atoms with E-state index in [4.69, 9.17) is 4.74 Å². The molecule has 1 atom stereocenters. The van der Waals surface area contributed by atoms with Crippen molar-refractivity contribution in [2.24, 2.45) is 0 Å². The van der Waals surface area contributed by atoms with E-state index in [-0.39, 0.29) is 12.2 Å². The molecule has 1 fully saturated rings. The first kappa shape index (κ1) is 18.4. The smallest absolute Gasteiger partial charge is 0.325 e. The molecule has 1 saturated heterocycles. The lowest BCUT2D eigenvalue weighted by molar-refractivity contribution is -0.384. The third-order valence-electron chi connectivity index (χ3n) is 4.71. The Kier molecular flexibility index (Phi) is 4.57. The molecule has 1 N–H and O–H groups in total. The Morgan fingerprint density at radius 3 is 2.44 bits per heavy atom. The number of aryl methyl sites for hydroxylation is 1. The van der Waals surface area contributed by atoms with Gasteiger partial charge in [0.15, 0.2) is 0 Å². The first-order chi connectivity index (χ1) is 12.8. The molecule has 8 heteroatoms. The van der Waals surface area contributed by atoms with Crippen molar-refractivity contribution >= 4 is 17.6 Å². The molecule has 0 aromatic heterocycles. The summed E-state index contributed by atoms with van der Waals surface area (Å²) in [6, 6.07) is 10.8. The Hall–Kier alpha value is -3.42. The topological polar surface area (TPSA) is 102 Å². The minimum absolute atomic E-state index is 0.128. The van der Waals surface area contributed by atoms with E-state index in [1.54, 1.807) is 19.1 Å². The lowest BCUT2D eigenvalue weighted by Gasteiger charge is -2.22. The average molecular weight is 369 g/mol. The number of nitro groups is 1. The molecular formula is C19H19N3O5. The second kappa shape index (κ2) is 6.71. The summed E-state index contributed by atoms with van der Waals surface area (Å²) in [6.45, 7) is 3.45. The standard InChI is InChI=1S/C19H19N3O5/c1-12-4-6-14(7-5-12)19(2)17(23)21(18(24)20-19)11-13-10-15(22(25)26)8-9-16(13)27-3/h4-10H,11H2,1-3H3,(H,20,24)/t19-/m1/s1. The van der Waals surface area contributed by atoms with Crippen LogP contribution in [0, 0.1) is 17.0 Å². The van der Waals surface area contributed by atoms with Crippen molar-refractivity contribution in [1.82, 2.24) is 10.2 Å². The highest BCUT2D eigenvalue weighted by atomic mass is 16.6. The highest BCUT2D eigenvalue weighted by Gasteiger charge is 2.49. The second-order valence-electron chi connectivity index (χ2n) is 6.57. The molecule has 140 valence electrons. The minimum atomic E-state index is -1.20. The third-order valence-corrected chi connectivity index (χ3v) is 4.71. The third kappa shape index (κ3) is 3.21. The molecule has 27 heavy (non-hydrogen) atoms. The molecule has 3 rings (SSSR count).